The summed E-state index contributed by atoms with van der Waals surface area (Å²) in [5, 5.41) is 6.23. The summed E-state index contributed by atoms with van der Waals surface area (Å²) in [5.74, 6) is -0.305. The van der Waals surface area contributed by atoms with Gasteiger partial charge < -0.3 is 10.6 Å². The number of hydrogen-bond donors (Lipinski definition) is 2. The van der Waals surface area contributed by atoms with Gasteiger partial charge in [-0.3, -0.25) is 4.79 Å². The molecule has 3 atom stereocenters. The van der Waals surface area contributed by atoms with Crippen molar-refractivity contribution in [3.63, 3.8) is 0 Å². The van der Waals surface area contributed by atoms with Crippen molar-refractivity contribution in [1.29, 1.82) is 0 Å². The Balaban J connectivity index is 1.60. The molecule has 3 rings (SSSR count). The molecule has 22 heavy (non-hydrogen) atoms. The molecule has 1 aliphatic heterocycles. The zero-order chi connectivity index (χ0) is 15.7. The van der Waals surface area contributed by atoms with Crippen LogP contribution in [0, 0.1) is 5.92 Å². The zero-order valence-corrected chi connectivity index (χ0v) is 12.1. The van der Waals surface area contributed by atoms with Crippen LogP contribution in [0.3, 0.4) is 0 Å². The van der Waals surface area contributed by atoms with Gasteiger partial charge in [0.2, 0.25) is 5.91 Å². The average Bonchev–Trinajstić information content (AvgIpc) is 3.28. The molecule has 0 bridgehead atoms. The van der Waals surface area contributed by atoms with E-state index >= 15 is 0 Å². The largest absolute Gasteiger partial charge is 0.416 e. The van der Waals surface area contributed by atoms with E-state index in [1.165, 1.54) is 12.1 Å². The van der Waals surface area contributed by atoms with E-state index in [0.29, 0.717) is 12.0 Å². The Labute approximate surface area is 127 Å². The summed E-state index contributed by atoms with van der Waals surface area (Å²) in [6, 6.07) is 5.46. The molecule has 0 aromatic heterocycles. The first-order valence-corrected chi connectivity index (χ1v) is 7.63. The van der Waals surface area contributed by atoms with Gasteiger partial charge in [0.05, 0.1) is 5.56 Å². The molecular weight excluding hydrogens is 293 g/mol. The van der Waals surface area contributed by atoms with E-state index in [0.717, 1.165) is 32.0 Å². The molecule has 1 amide bonds. The third-order valence-electron chi connectivity index (χ3n) is 4.41. The Morgan fingerprint density at radius 2 is 2.14 bits per heavy atom. The van der Waals surface area contributed by atoms with Crippen LogP contribution in [-0.4, -0.2) is 25.0 Å². The number of carbonyl (C=O) groups is 1. The number of hydrogen-bond acceptors (Lipinski definition) is 2. The molecule has 3 unspecified atom stereocenters. The number of halogens is 3. The molecule has 120 valence electrons. The maximum Gasteiger partial charge on any atom is 0.416 e. The third kappa shape index (κ3) is 3.43. The predicted octanol–water partition coefficient (Wildman–Crippen LogP) is 2.68. The molecule has 1 aliphatic carbocycles. The molecule has 2 aliphatic rings. The van der Waals surface area contributed by atoms with Crippen molar-refractivity contribution in [1.82, 2.24) is 10.6 Å². The van der Waals surface area contributed by atoms with Crippen LogP contribution in [-0.2, 0) is 11.0 Å². The smallest absolute Gasteiger partial charge is 0.352 e. The molecule has 1 heterocycles. The fourth-order valence-electron chi connectivity index (χ4n) is 3.08. The molecule has 1 aromatic rings. The molecule has 2 fully saturated rings. The highest BCUT2D eigenvalue weighted by Crippen LogP contribution is 2.48. The van der Waals surface area contributed by atoms with Gasteiger partial charge in [0.15, 0.2) is 0 Å². The molecule has 1 saturated carbocycles. The minimum Gasteiger partial charge on any atom is -0.352 e. The third-order valence-corrected chi connectivity index (χ3v) is 4.41. The molecule has 1 aromatic carbocycles. The van der Waals surface area contributed by atoms with Crippen LogP contribution in [0.2, 0.25) is 0 Å². The number of rotatable bonds is 3. The fraction of sp³-hybridized carbons (Fsp3) is 0.562. The van der Waals surface area contributed by atoms with Gasteiger partial charge in [0, 0.05) is 18.5 Å². The minimum absolute atomic E-state index is 0.0314. The van der Waals surface area contributed by atoms with Gasteiger partial charge in [0.1, 0.15) is 0 Å². The van der Waals surface area contributed by atoms with Crippen molar-refractivity contribution in [2.45, 2.75) is 37.4 Å². The second-order valence-electron chi connectivity index (χ2n) is 6.12. The summed E-state index contributed by atoms with van der Waals surface area (Å²) < 4.78 is 38.2. The van der Waals surface area contributed by atoms with E-state index in [1.54, 1.807) is 6.07 Å². The summed E-state index contributed by atoms with van der Waals surface area (Å²) in [6.07, 6.45) is -1.71. The van der Waals surface area contributed by atoms with E-state index in [1.807, 2.05) is 0 Å². The summed E-state index contributed by atoms with van der Waals surface area (Å²) in [4.78, 5) is 12.2. The Morgan fingerprint density at radius 3 is 2.82 bits per heavy atom. The minimum atomic E-state index is -4.34. The molecule has 0 radical (unpaired) electrons. The first-order chi connectivity index (χ1) is 10.4. The lowest BCUT2D eigenvalue weighted by atomic mass is 10.0. The quantitative estimate of drug-likeness (QED) is 0.901. The second-order valence-corrected chi connectivity index (χ2v) is 6.12. The zero-order valence-electron chi connectivity index (χ0n) is 12.1. The number of nitrogens with one attached hydrogen (secondary N) is 2. The number of carbonyl (C=O) groups excluding carboxylic acids is 1. The maximum absolute atomic E-state index is 12.7. The van der Waals surface area contributed by atoms with Crippen molar-refractivity contribution in [2.24, 2.45) is 5.92 Å². The maximum atomic E-state index is 12.7. The Kier molecular flexibility index (Phi) is 4.12. The predicted molar refractivity (Wildman–Crippen MR) is 76.3 cm³/mol. The monoisotopic (exact) mass is 312 g/mol. The van der Waals surface area contributed by atoms with Gasteiger partial charge in [-0.25, -0.2) is 0 Å². The SMILES string of the molecule is O=C(NC1CCCNC1)C1CC1c1cccc(C(F)(F)F)c1. The molecule has 6 heteroatoms. The number of alkyl halides is 3. The topological polar surface area (TPSA) is 41.1 Å². The van der Waals surface area contributed by atoms with Gasteiger partial charge in [-0.05, 0) is 43.4 Å². The highest BCUT2D eigenvalue weighted by molar-refractivity contribution is 5.83. The normalized spacial score (nSPS) is 28.2. The van der Waals surface area contributed by atoms with Gasteiger partial charge in [-0.2, -0.15) is 13.2 Å². The van der Waals surface area contributed by atoms with Crippen LogP contribution < -0.4 is 10.6 Å². The van der Waals surface area contributed by atoms with E-state index in [2.05, 4.69) is 10.6 Å². The van der Waals surface area contributed by atoms with Crippen LogP contribution in [0.1, 0.15) is 36.3 Å². The van der Waals surface area contributed by atoms with Crippen LogP contribution >= 0.6 is 0 Å². The summed E-state index contributed by atoms with van der Waals surface area (Å²) >= 11 is 0. The first-order valence-electron chi connectivity index (χ1n) is 7.63. The van der Waals surface area contributed by atoms with Crippen molar-refractivity contribution in [3.05, 3.63) is 35.4 Å². The Hall–Kier alpha value is -1.56. The van der Waals surface area contributed by atoms with Crippen molar-refractivity contribution < 1.29 is 18.0 Å². The molecule has 3 nitrogen and oxygen atoms in total. The van der Waals surface area contributed by atoms with Crippen molar-refractivity contribution in [3.8, 4) is 0 Å². The lowest BCUT2D eigenvalue weighted by Crippen LogP contribution is -2.46. The standard InChI is InChI=1S/C16H19F3N2O/c17-16(18,19)11-4-1-3-10(7-11)13-8-14(13)15(22)21-12-5-2-6-20-9-12/h1,3-4,7,12-14,20H,2,5-6,8-9H2,(H,21,22). The van der Waals surface area contributed by atoms with Crippen molar-refractivity contribution >= 4 is 5.91 Å². The van der Waals surface area contributed by atoms with Crippen molar-refractivity contribution in [2.75, 3.05) is 13.1 Å². The van der Waals surface area contributed by atoms with Crippen LogP contribution in [0.25, 0.3) is 0 Å². The molecule has 2 N–H and O–H groups in total. The summed E-state index contributed by atoms with van der Waals surface area (Å²) in [7, 11) is 0. The summed E-state index contributed by atoms with van der Waals surface area (Å²) in [6.45, 7) is 1.75. The van der Waals surface area contributed by atoms with Crippen LogP contribution in [0.5, 0.6) is 0 Å². The van der Waals surface area contributed by atoms with Gasteiger partial charge in [0.25, 0.3) is 0 Å². The van der Waals surface area contributed by atoms with Gasteiger partial charge in [-0.1, -0.05) is 18.2 Å². The lowest BCUT2D eigenvalue weighted by Gasteiger charge is -2.23. The molecular formula is C16H19F3N2O. The van der Waals surface area contributed by atoms with Gasteiger partial charge >= 0.3 is 6.18 Å². The lowest BCUT2D eigenvalue weighted by molar-refractivity contribution is -0.137. The highest BCUT2D eigenvalue weighted by atomic mass is 19.4. The Bertz CT molecular complexity index is 553. The van der Waals surface area contributed by atoms with Gasteiger partial charge in [-0.15, -0.1) is 0 Å². The van der Waals surface area contributed by atoms with E-state index in [4.69, 9.17) is 0 Å². The Morgan fingerprint density at radius 1 is 1.32 bits per heavy atom. The second kappa shape index (κ2) is 5.91. The fourth-order valence-corrected chi connectivity index (χ4v) is 3.08. The number of benzene rings is 1. The van der Waals surface area contributed by atoms with Crippen LogP contribution in [0.15, 0.2) is 24.3 Å². The molecule has 1 saturated heterocycles. The molecule has 0 spiro atoms. The average molecular weight is 312 g/mol. The van der Waals surface area contributed by atoms with Crippen LogP contribution in [0.4, 0.5) is 13.2 Å². The highest BCUT2D eigenvalue weighted by Gasteiger charge is 2.45. The first kappa shape index (κ1) is 15.3. The van der Waals surface area contributed by atoms with E-state index in [9.17, 15) is 18.0 Å². The number of amides is 1. The van der Waals surface area contributed by atoms with E-state index in [-0.39, 0.29) is 23.8 Å². The van der Waals surface area contributed by atoms with E-state index < -0.39 is 11.7 Å². The number of piperidine rings is 1. The summed E-state index contributed by atoms with van der Waals surface area (Å²) in [5.41, 5.74) is -0.0377.